The van der Waals surface area contributed by atoms with Crippen LogP contribution in [0.5, 0.6) is 5.75 Å². The molecule has 6 heteroatoms. The van der Waals surface area contributed by atoms with Gasteiger partial charge in [-0.05, 0) is 44.2 Å². The van der Waals surface area contributed by atoms with E-state index < -0.39 is 0 Å². The lowest BCUT2D eigenvalue weighted by Gasteiger charge is -2.12. The minimum absolute atomic E-state index is 0.0678. The third kappa shape index (κ3) is 5.31. The van der Waals surface area contributed by atoms with Crippen LogP contribution in [0.2, 0.25) is 15.1 Å². The second-order valence-electron chi connectivity index (χ2n) is 5.14. The molecule has 2 aromatic rings. The van der Waals surface area contributed by atoms with Gasteiger partial charge in [-0.15, -0.1) is 0 Å². The van der Waals surface area contributed by atoms with Crippen LogP contribution in [0.3, 0.4) is 0 Å². The predicted molar refractivity (Wildman–Crippen MR) is 98.1 cm³/mol. The monoisotopic (exact) mass is 370 g/mol. The van der Waals surface area contributed by atoms with Crippen molar-refractivity contribution in [2.24, 2.45) is 5.10 Å². The summed E-state index contributed by atoms with van der Waals surface area (Å²) in [6.45, 7) is 4.36. The molecule has 0 bridgehead atoms. The van der Waals surface area contributed by atoms with Gasteiger partial charge in [0.25, 0.3) is 0 Å². The summed E-state index contributed by atoms with van der Waals surface area (Å²) in [5, 5.41) is 6.03. The predicted octanol–water partition coefficient (Wildman–Crippen LogP) is 5.56. The number of hydrazone groups is 1. The van der Waals surface area contributed by atoms with Crippen molar-refractivity contribution in [2.45, 2.75) is 26.5 Å². The molecule has 0 saturated carbocycles. The fourth-order valence-corrected chi connectivity index (χ4v) is 2.63. The summed E-state index contributed by atoms with van der Waals surface area (Å²) in [6.07, 6.45) is 1.73. The number of halogens is 3. The molecular weight excluding hydrogens is 355 g/mol. The van der Waals surface area contributed by atoms with Crippen LogP contribution in [0.25, 0.3) is 0 Å². The lowest BCUT2D eigenvalue weighted by Crippen LogP contribution is -2.09. The van der Waals surface area contributed by atoms with Gasteiger partial charge in [-0.2, -0.15) is 5.10 Å². The Balaban J connectivity index is 2.07. The third-order valence-corrected chi connectivity index (χ3v) is 3.89. The summed E-state index contributed by atoms with van der Waals surface area (Å²) in [5.41, 5.74) is 4.53. The topological polar surface area (TPSA) is 33.6 Å². The third-order valence-electron chi connectivity index (χ3n) is 2.95. The molecule has 0 saturated heterocycles. The highest BCUT2D eigenvalue weighted by atomic mass is 35.5. The number of nitrogens with one attached hydrogen (secondary N) is 1. The summed E-state index contributed by atoms with van der Waals surface area (Å²) in [4.78, 5) is 0. The van der Waals surface area contributed by atoms with E-state index in [1.165, 1.54) is 0 Å². The average molecular weight is 372 g/mol. The van der Waals surface area contributed by atoms with Crippen LogP contribution in [0, 0.1) is 0 Å². The van der Waals surface area contributed by atoms with Gasteiger partial charge in [0.2, 0.25) is 0 Å². The van der Waals surface area contributed by atoms with Crippen LogP contribution in [-0.2, 0) is 6.54 Å². The highest BCUT2D eigenvalue weighted by molar-refractivity contribution is 6.36. The Hall–Kier alpha value is -1.42. The number of hydrogen-bond donors (Lipinski definition) is 1. The standard InChI is InChI=1S/C17H17Cl3N2O/c1-11(2)23-17-7-6-13(18)8-12(17)9-21-22-10-14-15(19)4-3-5-16(14)20/h3-9,11,22H,10H2,1-2H3/b21-9-. The molecular formula is C17H17Cl3N2O. The quantitative estimate of drug-likeness (QED) is 0.533. The van der Waals surface area contributed by atoms with Crippen LogP contribution in [0.4, 0.5) is 0 Å². The lowest BCUT2D eigenvalue weighted by molar-refractivity contribution is 0.242. The molecule has 0 amide bonds. The second-order valence-corrected chi connectivity index (χ2v) is 6.39. The van der Waals surface area contributed by atoms with Crippen LogP contribution < -0.4 is 10.2 Å². The Kier molecular flexibility index (Phi) is 6.58. The molecule has 0 heterocycles. The first-order valence-corrected chi connectivity index (χ1v) is 8.26. The first-order chi connectivity index (χ1) is 11.0. The van der Waals surface area contributed by atoms with Gasteiger partial charge in [-0.25, -0.2) is 0 Å². The largest absolute Gasteiger partial charge is 0.490 e. The normalized spacial score (nSPS) is 11.2. The highest BCUT2D eigenvalue weighted by Crippen LogP contribution is 2.24. The van der Waals surface area contributed by atoms with E-state index in [2.05, 4.69) is 10.5 Å². The van der Waals surface area contributed by atoms with Crippen molar-refractivity contribution in [2.75, 3.05) is 0 Å². The minimum Gasteiger partial charge on any atom is -0.490 e. The molecule has 0 aliphatic carbocycles. The van der Waals surface area contributed by atoms with E-state index in [0.29, 0.717) is 21.6 Å². The highest BCUT2D eigenvalue weighted by Gasteiger charge is 2.06. The zero-order chi connectivity index (χ0) is 16.8. The van der Waals surface area contributed by atoms with E-state index in [1.807, 2.05) is 19.9 Å². The van der Waals surface area contributed by atoms with Crippen molar-refractivity contribution in [3.8, 4) is 5.75 Å². The Labute approximate surface area is 151 Å². The fourth-order valence-electron chi connectivity index (χ4n) is 1.92. The maximum atomic E-state index is 6.11. The Morgan fingerprint density at radius 1 is 1.13 bits per heavy atom. The molecule has 0 fully saturated rings. The Morgan fingerprint density at radius 3 is 2.48 bits per heavy atom. The molecule has 3 nitrogen and oxygen atoms in total. The first-order valence-electron chi connectivity index (χ1n) is 7.12. The molecule has 122 valence electrons. The lowest BCUT2D eigenvalue weighted by atomic mass is 10.2. The van der Waals surface area contributed by atoms with E-state index in [9.17, 15) is 0 Å². The fraction of sp³-hybridized carbons (Fsp3) is 0.235. The van der Waals surface area contributed by atoms with Crippen molar-refractivity contribution >= 4 is 41.0 Å². The van der Waals surface area contributed by atoms with E-state index in [0.717, 1.165) is 16.9 Å². The van der Waals surface area contributed by atoms with E-state index >= 15 is 0 Å². The molecule has 0 atom stereocenters. The Bertz CT molecular complexity index is 682. The minimum atomic E-state index is 0.0678. The molecule has 0 aliphatic rings. The van der Waals surface area contributed by atoms with Gasteiger partial charge in [-0.1, -0.05) is 40.9 Å². The number of nitrogens with zero attached hydrogens (tertiary/aromatic N) is 1. The van der Waals surface area contributed by atoms with Gasteiger partial charge in [0.1, 0.15) is 5.75 Å². The van der Waals surface area contributed by atoms with Crippen molar-refractivity contribution in [3.05, 3.63) is 62.6 Å². The second kappa shape index (κ2) is 8.44. The molecule has 0 aliphatic heterocycles. The maximum absolute atomic E-state index is 6.11. The van der Waals surface area contributed by atoms with Gasteiger partial charge in [0.15, 0.2) is 0 Å². The molecule has 0 unspecified atom stereocenters. The molecule has 2 aromatic carbocycles. The van der Waals surface area contributed by atoms with Gasteiger partial charge in [-0.3, -0.25) is 0 Å². The molecule has 1 N–H and O–H groups in total. The van der Waals surface area contributed by atoms with Gasteiger partial charge < -0.3 is 10.2 Å². The molecule has 2 rings (SSSR count). The number of benzene rings is 2. The zero-order valence-corrected chi connectivity index (χ0v) is 15.1. The zero-order valence-electron chi connectivity index (χ0n) is 12.8. The van der Waals surface area contributed by atoms with E-state index in [4.69, 9.17) is 39.5 Å². The number of ether oxygens (including phenoxy) is 1. The smallest absolute Gasteiger partial charge is 0.128 e. The van der Waals surface area contributed by atoms with Crippen molar-refractivity contribution in [1.29, 1.82) is 0 Å². The van der Waals surface area contributed by atoms with Gasteiger partial charge >= 0.3 is 0 Å². The summed E-state index contributed by atoms with van der Waals surface area (Å²) in [5.74, 6) is 0.728. The number of rotatable bonds is 6. The summed E-state index contributed by atoms with van der Waals surface area (Å²) >= 11 is 18.3. The molecule has 0 aromatic heterocycles. The van der Waals surface area contributed by atoms with E-state index in [-0.39, 0.29) is 6.10 Å². The first kappa shape index (κ1) is 17.9. The van der Waals surface area contributed by atoms with Gasteiger partial charge in [0, 0.05) is 26.2 Å². The van der Waals surface area contributed by atoms with Crippen LogP contribution in [0.1, 0.15) is 25.0 Å². The van der Waals surface area contributed by atoms with Crippen molar-refractivity contribution in [3.63, 3.8) is 0 Å². The van der Waals surface area contributed by atoms with Crippen LogP contribution >= 0.6 is 34.8 Å². The van der Waals surface area contributed by atoms with Crippen LogP contribution in [0.15, 0.2) is 41.5 Å². The number of hydrogen-bond acceptors (Lipinski definition) is 3. The van der Waals surface area contributed by atoms with Crippen molar-refractivity contribution < 1.29 is 4.74 Å². The average Bonchev–Trinajstić information content (AvgIpc) is 2.48. The summed E-state index contributed by atoms with van der Waals surface area (Å²) < 4.78 is 5.73. The summed E-state index contributed by atoms with van der Waals surface area (Å²) in [6, 6.07) is 10.8. The van der Waals surface area contributed by atoms with Crippen LogP contribution in [-0.4, -0.2) is 12.3 Å². The molecule has 0 spiro atoms. The molecule has 23 heavy (non-hydrogen) atoms. The van der Waals surface area contributed by atoms with E-state index in [1.54, 1.807) is 36.5 Å². The maximum Gasteiger partial charge on any atom is 0.128 e. The summed E-state index contributed by atoms with van der Waals surface area (Å²) in [7, 11) is 0. The van der Waals surface area contributed by atoms with Crippen molar-refractivity contribution in [1.82, 2.24) is 5.43 Å². The van der Waals surface area contributed by atoms with Gasteiger partial charge in [0.05, 0.1) is 18.9 Å². The molecule has 0 radical (unpaired) electrons. The SMILES string of the molecule is CC(C)Oc1ccc(Cl)cc1/C=N\NCc1c(Cl)cccc1Cl. The Morgan fingerprint density at radius 2 is 1.83 bits per heavy atom.